The Hall–Kier alpha value is -2.44. The summed E-state index contributed by atoms with van der Waals surface area (Å²) in [6, 6.07) is 6.49. The lowest BCUT2D eigenvalue weighted by Gasteiger charge is -2.37. The zero-order valence-electron chi connectivity index (χ0n) is 14.6. The number of halogens is 1. The van der Waals surface area contributed by atoms with Gasteiger partial charge in [-0.25, -0.2) is 0 Å². The molecule has 3 heterocycles. The molecule has 1 unspecified atom stereocenters. The molecule has 0 saturated carbocycles. The minimum absolute atomic E-state index is 0.375. The predicted octanol–water partition coefficient (Wildman–Crippen LogP) is 3.09. The Balaban J connectivity index is 1.58. The Labute approximate surface area is 157 Å². The quantitative estimate of drug-likeness (QED) is 0.737. The lowest BCUT2D eigenvalue weighted by molar-refractivity contribution is 0.501. The highest BCUT2D eigenvalue weighted by Gasteiger charge is 2.23. The molecule has 134 valence electrons. The van der Waals surface area contributed by atoms with Crippen molar-refractivity contribution >= 4 is 34.0 Å². The second-order valence-electron chi connectivity index (χ2n) is 6.50. The number of nitrogens with one attached hydrogen (secondary N) is 2. The molecule has 1 fully saturated rings. The molecule has 1 aliphatic rings. The average molecular weight is 369 g/mol. The maximum absolute atomic E-state index is 6.51. The molecule has 26 heavy (non-hydrogen) atoms. The van der Waals surface area contributed by atoms with Gasteiger partial charge in [0.2, 0.25) is 0 Å². The molecule has 0 radical (unpaired) electrons. The minimum Gasteiger partial charge on any atom is -0.378 e. The van der Waals surface area contributed by atoms with E-state index in [9.17, 15) is 0 Å². The van der Waals surface area contributed by atoms with Gasteiger partial charge in [-0.2, -0.15) is 0 Å². The summed E-state index contributed by atoms with van der Waals surface area (Å²) < 4.78 is 0. The van der Waals surface area contributed by atoms with Crippen molar-refractivity contribution in [2.75, 3.05) is 29.9 Å². The van der Waals surface area contributed by atoms with Gasteiger partial charge in [0.1, 0.15) is 0 Å². The van der Waals surface area contributed by atoms with E-state index in [1.807, 2.05) is 12.3 Å². The molecule has 2 N–H and O–H groups in total. The number of rotatable bonds is 4. The highest BCUT2D eigenvalue weighted by atomic mass is 35.5. The number of pyridine rings is 1. The van der Waals surface area contributed by atoms with Crippen LogP contribution in [0.3, 0.4) is 0 Å². The third-order valence-electron chi connectivity index (χ3n) is 4.68. The lowest BCUT2D eigenvalue weighted by atomic mass is 10.1. The van der Waals surface area contributed by atoms with Crippen LogP contribution in [-0.2, 0) is 6.54 Å². The van der Waals surface area contributed by atoms with Gasteiger partial charge in [-0.15, -0.1) is 0 Å². The van der Waals surface area contributed by atoms with Crippen molar-refractivity contribution in [2.24, 2.45) is 0 Å². The van der Waals surface area contributed by atoms with Crippen LogP contribution >= 0.6 is 11.6 Å². The molecule has 4 rings (SSSR count). The van der Waals surface area contributed by atoms with E-state index in [0.717, 1.165) is 47.6 Å². The molecule has 6 nitrogen and oxygen atoms in total. The van der Waals surface area contributed by atoms with Gasteiger partial charge < -0.3 is 15.5 Å². The Morgan fingerprint density at radius 2 is 2.08 bits per heavy atom. The van der Waals surface area contributed by atoms with E-state index >= 15 is 0 Å². The molecule has 2 aromatic heterocycles. The highest BCUT2D eigenvalue weighted by molar-refractivity contribution is 6.33. The molecule has 1 saturated heterocycles. The fourth-order valence-corrected chi connectivity index (χ4v) is 3.61. The summed E-state index contributed by atoms with van der Waals surface area (Å²) in [6.07, 6.45) is 6.97. The summed E-state index contributed by atoms with van der Waals surface area (Å²) in [5, 5.41) is 7.58. The number of hydrogen-bond donors (Lipinski definition) is 2. The molecule has 0 aliphatic carbocycles. The average Bonchev–Trinajstić information content (AvgIpc) is 2.67. The van der Waals surface area contributed by atoms with Crippen LogP contribution in [0.4, 0.5) is 11.4 Å². The van der Waals surface area contributed by atoms with Gasteiger partial charge >= 0.3 is 0 Å². The monoisotopic (exact) mass is 368 g/mol. The fraction of sp³-hybridized carbons (Fsp3) is 0.316. The van der Waals surface area contributed by atoms with E-state index in [4.69, 9.17) is 11.6 Å². The fourth-order valence-electron chi connectivity index (χ4n) is 3.34. The maximum atomic E-state index is 6.51. The summed E-state index contributed by atoms with van der Waals surface area (Å²) in [6.45, 7) is 5.69. The van der Waals surface area contributed by atoms with Crippen molar-refractivity contribution in [3.63, 3.8) is 0 Å². The molecule has 1 atom stereocenters. The van der Waals surface area contributed by atoms with Crippen molar-refractivity contribution in [3.05, 3.63) is 53.6 Å². The lowest BCUT2D eigenvalue weighted by Crippen LogP contribution is -2.50. The van der Waals surface area contributed by atoms with E-state index in [-0.39, 0.29) is 0 Å². The molecule has 0 bridgehead atoms. The Morgan fingerprint density at radius 1 is 1.23 bits per heavy atom. The zero-order valence-corrected chi connectivity index (χ0v) is 15.4. The van der Waals surface area contributed by atoms with Gasteiger partial charge in [-0.3, -0.25) is 15.0 Å². The van der Waals surface area contributed by atoms with Gasteiger partial charge in [0.25, 0.3) is 0 Å². The first-order valence-electron chi connectivity index (χ1n) is 8.77. The largest absolute Gasteiger partial charge is 0.378 e. The van der Waals surface area contributed by atoms with Crippen LogP contribution < -0.4 is 15.5 Å². The van der Waals surface area contributed by atoms with Gasteiger partial charge in [-0.05, 0) is 24.6 Å². The second-order valence-corrected chi connectivity index (χ2v) is 6.90. The van der Waals surface area contributed by atoms with Crippen LogP contribution in [0.2, 0.25) is 5.02 Å². The summed E-state index contributed by atoms with van der Waals surface area (Å²) in [5.74, 6) is 0. The topological polar surface area (TPSA) is 66.0 Å². The summed E-state index contributed by atoms with van der Waals surface area (Å²) in [7, 11) is 0. The molecular weight excluding hydrogens is 348 g/mol. The van der Waals surface area contributed by atoms with Gasteiger partial charge in [0.15, 0.2) is 0 Å². The molecule has 1 aliphatic heterocycles. The number of hydrogen-bond acceptors (Lipinski definition) is 6. The second kappa shape index (κ2) is 7.43. The van der Waals surface area contributed by atoms with Crippen molar-refractivity contribution < 1.29 is 0 Å². The van der Waals surface area contributed by atoms with Crippen molar-refractivity contribution in [1.82, 2.24) is 20.3 Å². The van der Waals surface area contributed by atoms with Crippen LogP contribution in [-0.4, -0.2) is 40.6 Å². The summed E-state index contributed by atoms with van der Waals surface area (Å²) in [4.78, 5) is 15.3. The molecule has 7 heteroatoms. The standard InChI is InChI=1S/C19H21ClN6/c1-13-9-21-6-7-26(13)19-15(20)11-22-12-18(19)25-10-14-2-3-16-17(8-14)24-5-4-23-16/h2-5,8,11-13,21,25H,6-7,9-10H2,1H3. The number of aromatic nitrogens is 3. The first-order valence-corrected chi connectivity index (χ1v) is 9.14. The van der Waals surface area contributed by atoms with Gasteiger partial charge in [-0.1, -0.05) is 17.7 Å². The van der Waals surface area contributed by atoms with Crippen molar-refractivity contribution in [2.45, 2.75) is 19.5 Å². The summed E-state index contributed by atoms with van der Waals surface area (Å²) in [5.41, 5.74) is 4.90. The third kappa shape index (κ3) is 3.43. The van der Waals surface area contributed by atoms with Gasteiger partial charge in [0, 0.05) is 50.8 Å². The first kappa shape index (κ1) is 17.0. The van der Waals surface area contributed by atoms with Crippen molar-refractivity contribution in [1.29, 1.82) is 0 Å². The zero-order chi connectivity index (χ0) is 17.9. The first-order chi connectivity index (χ1) is 12.7. The van der Waals surface area contributed by atoms with E-state index in [2.05, 4.69) is 49.5 Å². The van der Waals surface area contributed by atoms with Crippen LogP contribution in [0.5, 0.6) is 0 Å². The summed E-state index contributed by atoms with van der Waals surface area (Å²) >= 11 is 6.51. The van der Waals surface area contributed by atoms with E-state index < -0.39 is 0 Å². The van der Waals surface area contributed by atoms with Gasteiger partial charge in [0.05, 0.1) is 33.6 Å². The SMILES string of the molecule is CC1CNCCN1c1c(Cl)cncc1NCc1ccc2nccnc2c1. The highest BCUT2D eigenvalue weighted by Crippen LogP contribution is 2.35. The van der Waals surface area contributed by atoms with E-state index in [1.165, 1.54) is 0 Å². The molecule has 0 amide bonds. The van der Waals surface area contributed by atoms with E-state index in [0.29, 0.717) is 17.6 Å². The van der Waals surface area contributed by atoms with Crippen molar-refractivity contribution in [3.8, 4) is 0 Å². The maximum Gasteiger partial charge on any atom is 0.0890 e. The number of fused-ring (bicyclic) bond motifs is 1. The van der Waals surface area contributed by atoms with Crippen LogP contribution in [0.25, 0.3) is 11.0 Å². The molecule has 1 aromatic carbocycles. The van der Waals surface area contributed by atoms with Crippen LogP contribution in [0, 0.1) is 0 Å². The predicted molar refractivity (Wildman–Crippen MR) is 106 cm³/mol. The number of anilines is 2. The number of nitrogens with zero attached hydrogens (tertiary/aromatic N) is 4. The Morgan fingerprint density at radius 3 is 2.92 bits per heavy atom. The minimum atomic E-state index is 0.375. The molecule has 3 aromatic rings. The smallest absolute Gasteiger partial charge is 0.0890 e. The Bertz CT molecular complexity index is 915. The third-order valence-corrected chi connectivity index (χ3v) is 4.95. The normalized spacial score (nSPS) is 17.5. The molecule has 0 spiro atoms. The Kier molecular flexibility index (Phi) is 4.86. The van der Waals surface area contributed by atoms with Crippen LogP contribution in [0.15, 0.2) is 43.0 Å². The number of piperazine rings is 1. The van der Waals surface area contributed by atoms with Crippen LogP contribution in [0.1, 0.15) is 12.5 Å². The molecular formula is C19H21ClN6. The van der Waals surface area contributed by atoms with E-state index in [1.54, 1.807) is 18.6 Å². The number of benzene rings is 1.